The van der Waals surface area contributed by atoms with Crippen LogP contribution in [0.2, 0.25) is 0 Å². The summed E-state index contributed by atoms with van der Waals surface area (Å²) < 4.78 is 5.78. The molecule has 0 saturated carbocycles. The van der Waals surface area contributed by atoms with E-state index in [1.165, 1.54) is 23.1 Å². The molecule has 148 valence electrons. The van der Waals surface area contributed by atoms with Gasteiger partial charge in [0.2, 0.25) is 0 Å². The molecule has 0 unspecified atom stereocenters. The van der Waals surface area contributed by atoms with Crippen LogP contribution in [0.3, 0.4) is 0 Å². The van der Waals surface area contributed by atoms with E-state index >= 15 is 0 Å². The lowest BCUT2D eigenvalue weighted by Crippen LogP contribution is -2.53. The Kier molecular flexibility index (Phi) is 5.42. The first-order valence-corrected chi connectivity index (χ1v) is 9.00. The Bertz CT molecular complexity index is 1100. The minimum absolute atomic E-state index is 0.0224. The first kappa shape index (κ1) is 20.2. The van der Waals surface area contributed by atoms with Crippen LogP contribution in [0.1, 0.15) is 16.9 Å². The number of thiocarbonyl (C=S) groups is 1. The van der Waals surface area contributed by atoms with Crippen LogP contribution < -0.4 is 5.32 Å². The van der Waals surface area contributed by atoms with E-state index in [1.807, 2.05) is 0 Å². The minimum Gasteiger partial charge on any atom is -0.457 e. The molecule has 9 heteroatoms. The lowest BCUT2D eigenvalue weighted by molar-refractivity contribution is -0.385. The predicted octanol–water partition coefficient (Wildman–Crippen LogP) is 3.28. The van der Waals surface area contributed by atoms with E-state index in [2.05, 4.69) is 11.9 Å². The van der Waals surface area contributed by atoms with Gasteiger partial charge >= 0.3 is 0 Å². The van der Waals surface area contributed by atoms with Crippen molar-refractivity contribution in [3.05, 3.63) is 69.5 Å². The van der Waals surface area contributed by atoms with Crippen LogP contribution in [0.15, 0.2) is 46.9 Å². The summed E-state index contributed by atoms with van der Waals surface area (Å²) in [6.45, 7) is 7.18. The van der Waals surface area contributed by atoms with Crippen molar-refractivity contribution in [2.75, 3.05) is 6.54 Å². The molecular formula is C20H17N3O5S. The van der Waals surface area contributed by atoms with Gasteiger partial charge < -0.3 is 4.42 Å². The van der Waals surface area contributed by atoms with Gasteiger partial charge in [0.1, 0.15) is 17.1 Å². The smallest absolute Gasteiger partial charge is 0.272 e. The summed E-state index contributed by atoms with van der Waals surface area (Å²) in [4.78, 5) is 36.7. The lowest BCUT2D eigenvalue weighted by Gasteiger charge is -2.27. The second-order valence-corrected chi connectivity index (χ2v) is 6.75. The Hall–Kier alpha value is -3.59. The van der Waals surface area contributed by atoms with E-state index in [9.17, 15) is 19.7 Å². The second-order valence-electron chi connectivity index (χ2n) is 6.36. The normalized spacial score (nSPS) is 15.6. The molecular weight excluding hydrogens is 394 g/mol. The van der Waals surface area contributed by atoms with Gasteiger partial charge in [-0.05, 0) is 55.9 Å². The molecule has 3 rings (SSSR count). The fraction of sp³-hybridized carbons (Fsp3) is 0.150. The third-order valence-electron chi connectivity index (χ3n) is 4.63. The van der Waals surface area contributed by atoms with Crippen LogP contribution in [0.5, 0.6) is 0 Å². The number of hydrogen-bond donors (Lipinski definition) is 1. The number of benzene rings is 1. The minimum atomic E-state index is -0.611. The van der Waals surface area contributed by atoms with Gasteiger partial charge in [-0.25, -0.2) is 0 Å². The van der Waals surface area contributed by atoms with Gasteiger partial charge in [-0.15, -0.1) is 6.58 Å². The van der Waals surface area contributed by atoms with Gasteiger partial charge in [0.15, 0.2) is 5.11 Å². The summed E-state index contributed by atoms with van der Waals surface area (Å²) in [6, 6.07) is 6.32. The molecule has 1 aliphatic rings. The maximum Gasteiger partial charge on any atom is 0.272 e. The van der Waals surface area contributed by atoms with E-state index in [1.54, 1.807) is 32.0 Å². The molecule has 29 heavy (non-hydrogen) atoms. The summed E-state index contributed by atoms with van der Waals surface area (Å²) in [5.74, 6) is -0.394. The number of nitrogens with one attached hydrogen (secondary N) is 1. The van der Waals surface area contributed by atoms with Crippen LogP contribution in [0.4, 0.5) is 5.69 Å². The zero-order valence-electron chi connectivity index (χ0n) is 15.7. The average Bonchev–Trinajstić information content (AvgIpc) is 3.12. The average molecular weight is 411 g/mol. The first-order valence-electron chi connectivity index (χ1n) is 8.59. The van der Waals surface area contributed by atoms with Gasteiger partial charge in [-0.1, -0.05) is 6.08 Å². The first-order chi connectivity index (χ1) is 13.7. The number of carbonyl (C=O) groups excluding carboxylic acids is 2. The number of amides is 2. The summed E-state index contributed by atoms with van der Waals surface area (Å²) >= 11 is 5.01. The topological polar surface area (TPSA) is 106 Å². The lowest BCUT2D eigenvalue weighted by atomic mass is 10.00. The van der Waals surface area contributed by atoms with Crippen LogP contribution in [0.25, 0.3) is 17.4 Å². The van der Waals surface area contributed by atoms with Crippen molar-refractivity contribution in [2.45, 2.75) is 13.8 Å². The molecule has 2 amide bonds. The van der Waals surface area contributed by atoms with E-state index < -0.39 is 16.7 Å². The SMILES string of the molecule is C=CCN1C(=O)/C(=C/c2ccc(-c3ccc([N+](=O)[O-])c(C)c3C)o2)C(=O)NC1=S. The molecule has 0 bridgehead atoms. The number of nitrogens with zero attached hydrogens (tertiary/aromatic N) is 2. The summed E-state index contributed by atoms with van der Waals surface area (Å²) in [7, 11) is 0. The molecule has 1 saturated heterocycles. The van der Waals surface area contributed by atoms with Crippen LogP contribution in [-0.4, -0.2) is 33.3 Å². The molecule has 1 aromatic heterocycles. The van der Waals surface area contributed by atoms with Crippen molar-refractivity contribution in [3.8, 4) is 11.3 Å². The molecule has 0 spiro atoms. The third kappa shape index (κ3) is 3.72. The maximum atomic E-state index is 12.6. The molecule has 8 nitrogen and oxygen atoms in total. The molecule has 1 aromatic carbocycles. The van der Waals surface area contributed by atoms with Gasteiger partial charge in [-0.3, -0.25) is 29.9 Å². The summed E-state index contributed by atoms with van der Waals surface area (Å²) in [6.07, 6.45) is 2.84. The Balaban J connectivity index is 1.96. The number of carbonyl (C=O) groups is 2. The number of hydrogen-bond acceptors (Lipinski definition) is 6. The number of furan rings is 1. The quantitative estimate of drug-likeness (QED) is 0.202. The summed E-state index contributed by atoms with van der Waals surface area (Å²) in [5.41, 5.74) is 1.86. The highest BCUT2D eigenvalue weighted by Gasteiger charge is 2.33. The Morgan fingerprint density at radius 3 is 2.62 bits per heavy atom. The highest BCUT2D eigenvalue weighted by molar-refractivity contribution is 7.80. The van der Waals surface area contributed by atoms with Crippen LogP contribution in [0, 0.1) is 24.0 Å². The van der Waals surface area contributed by atoms with Crippen molar-refractivity contribution >= 4 is 40.9 Å². The molecule has 1 aliphatic heterocycles. The van der Waals surface area contributed by atoms with Crippen molar-refractivity contribution in [2.24, 2.45) is 0 Å². The number of nitro benzene ring substituents is 1. The van der Waals surface area contributed by atoms with Gasteiger partial charge in [0.25, 0.3) is 17.5 Å². The van der Waals surface area contributed by atoms with Gasteiger partial charge in [-0.2, -0.15) is 0 Å². The molecule has 2 aromatic rings. The summed E-state index contributed by atoms with van der Waals surface area (Å²) in [5, 5.41) is 13.6. The zero-order chi connectivity index (χ0) is 21.3. The highest BCUT2D eigenvalue weighted by atomic mass is 32.1. The van der Waals surface area contributed by atoms with Gasteiger partial charge in [0, 0.05) is 23.7 Å². The molecule has 2 heterocycles. The molecule has 1 fully saturated rings. The monoisotopic (exact) mass is 411 g/mol. The maximum absolute atomic E-state index is 12.6. The van der Waals surface area contributed by atoms with Crippen LogP contribution >= 0.6 is 12.2 Å². The van der Waals surface area contributed by atoms with E-state index in [-0.39, 0.29) is 22.9 Å². The van der Waals surface area contributed by atoms with Gasteiger partial charge in [0.05, 0.1) is 4.92 Å². The molecule has 1 N–H and O–H groups in total. The van der Waals surface area contributed by atoms with Crippen molar-refractivity contribution in [1.29, 1.82) is 0 Å². The Morgan fingerprint density at radius 1 is 1.24 bits per heavy atom. The second kappa shape index (κ2) is 7.80. The van der Waals surface area contributed by atoms with Crippen molar-refractivity contribution in [1.82, 2.24) is 10.2 Å². The van der Waals surface area contributed by atoms with Crippen LogP contribution in [-0.2, 0) is 9.59 Å². The fourth-order valence-corrected chi connectivity index (χ4v) is 3.23. The van der Waals surface area contributed by atoms with E-state index in [0.29, 0.717) is 28.2 Å². The van der Waals surface area contributed by atoms with E-state index in [0.717, 1.165) is 0 Å². The van der Waals surface area contributed by atoms with Crippen molar-refractivity contribution in [3.63, 3.8) is 0 Å². The van der Waals surface area contributed by atoms with Crippen molar-refractivity contribution < 1.29 is 18.9 Å². The molecule has 0 aliphatic carbocycles. The zero-order valence-corrected chi connectivity index (χ0v) is 16.5. The predicted molar refractivity (Wildman–Crippen MR) is 111 cm³/mol. The number of rotatable bonds is 5. The fourth-order valence-electron chi connectivity index (χ4n) is 2.98. The Labute approximate surface area is 171 Å². The molecule has 0 atom stereocenters. The highest BCUT2D eigenvalue weighted by Crippen LogP contribution is 2.32. The standard InChI is InChI=1S/C20H17N3O5S/c1-4-9-22-19(25)15(18(24)21-20(22)29)10-13-5-8-17(28-13)14-6-7-16(23(26)27)12(3)11(14)2/h4-8,10H,1,9H2,2-3H3,(H,21,24,29)/b15-10+. The Morgan fingerprint density at radius 2 is 1.97 bits per heavy atom. The molecule has 0 radical (unpaired) electrons. The third-order valence-corrected chi connectivity index (χ3v) is 4.95. The number of nitro groups is 1. The largest absolute Gasteiger partial charge is 0.457 e. The van der Waals surface area contributed by atoms with E-state index in [4.69, 9.17) is 16.6 Å².